The lowest BCUT2D eigenvalue weighted by atomic mass is 10.4. The van der Waals surface area contributed by atoms with Crippen LogP contribution in [0.4, 0.5) is 5.82 Å². The van der Waals surface area contributed by atoms with Gasteiger partial charge in [0.2, 0.25) is 0 Å². The molecule has 1 aromatic carbocycles. The van der Waals surface area contributed by atoms with E-state index in [0.717, 1.165) is 38.8 Å². The summed E-state index contributed by atoms with van der Waals surface area (Å²) >= 11 is 5.12. The molecule has 0 aliphatic carbocycles. The first kappa shape index (κ1) is 14.4. The van der Waals surface area contributed by atoms with Crippen molar-refractivity contribution < 1.29 is 0 Å². The van der Waals surface area contributed by atoms with Gasteiger partial charge in [-0.15, -0.1) is 0 Å². The van der Waals surface area contributed by atoms with Crippen LogP contribution in [0.5, 0.6) is 0 Å². The zero-order valence-corrected chi connectivity index (χ0v) is 14.0. The van der Waals surface area contributed by atoms with Gasteiger partial charge in [0, 0.05) is 28.3 Å². The Balaban J connectivity index is 1.97. The number of fused-ring (bicyclic) bond motifs is 1. The van der Waals surface area contributed by atoms with Gasteiger partial charge in [0.25, 0.3) is 0 Å². The molecular weight excluding hydrogens is 348 g/mol. The van der Waals surface area contributed by atoms with Crippen molar-refractivity contribution in [2.45, 2.75) is 23.3 Å². The Bertz CT molecular complexity index is 756. The lowest BCUT2D eigenvalue weighted by Gasteiger charge is -2.08. The number of hydrogen-bond acceptors (Lipinski definition) is 4. The molecule has 0 saturated heterocycles. The number of nitrogens with one attached hydrogen (secondary N) is 1. The number of imidazole rings is 1. The molecule has 0 fully saturated rings. The van der Waals surface area contributed by atoms with Crippen LogP contribution in [0.1, 0.15) is 13.3 Å². The molecule has 0 aliphatic rings. The Morgan fingerprint density at radius 3 is 3.10 bits per heavy atom. The van der Waals surface area contributed by atoms with E-state index in [0.29, 0.717) is 0 Å². The number of halogens is 1. The first-order chi connectivity index (χ1) is 10.3. The van der Waals surface area contributed by atoms with Gasteiger partial charge in [-0.3, -0.25) is 0 Å². The number of rotatable bonds is 5. The van der Waals surface area contributed by atoms with Gasteiger partial charge in [-0.1, -0.05) is 40.7 Å². The van der Waals surface area contributed by atoms with Crippen molar-refractivity contribution in [3.8, 4) is 0 Å². The van der Waals surface area contributed by atoms with Gasteiger partial charge in [-0.25, -0.2) is 9.97 Å². The maximum atomic E-state index is 4.69. The highest BCUT2D eigenvalue weighted by molar-refractivity contribution is 9.10. The van der Waals surface area contributed by atoms with E-state index in [9.17, 15) is 0 Å². The molecule has 108 valence electrons. The molecule has 0 aliphatic heterocycles. The quantitative estimate of drug-likeness (QED) is 0.727. The summed E-state index contributed by atoms with van der Waals surface area (Å²) in [6, 6.07) is 8.19. The van der Waals surface area contributed by atoms with Crippen LogP contribution in [0.25, 0.3) is 5.65 Å². The van der Waals surface area contributed by atoms with Crippen LogP contribution in [0.15, 0.2) is 57.3 Å². The van der Waals surface area contributed by atoms with Crippen LogP contribution >= 0.6 is 27.7 Å². The number of anilines is 1. The summed E-state index contributed by atoms with van der Waals surface area (Å²) in [5.74, 6) is 0.875. The molecule has 21 heavy (non-hydrogen) atoms. The van der Waals surface area contributed by atoms with Gasteiger partial charge in [0.15, 0.2) is 5.65 Å². The van der Waals surface area contributed by atoms with Crippen LogP contribution < -0.4 is 5.32 Å². The molecule has 0 radical (unpaired) electrons. The van der Waals surface area contributed by atoms with Crippen molar-refractivity contribution in [3.63, 3.8) is 0 Å². The summed E-state index contributed by atoms with van der Waals surface area (Å²) in [4.78, 5) is 10.2. The summed E-state index contributed by atoms with van der Waals surface area (Å²) in [5, 5.41) is 4.23. The van der Waals surface area contributed by atoms with Gasteiger partial charge < -0.3 is 9.72 Å². The summed E-state index contributed by atoms with van der Waals surface area (Å²) in [5.41, 5.74) is 0.877. The van der Waals surface area contributed by atoms with E-state index in [4.69, 9.17) is 0 Å². The second-order valence-electron chi connectivity index (χ2n) is 4.58. The summed E-state index contributed by atoms with van der Waals surface area (Å²) < 4.78 is 3.07. The zero-order chi connectivity index (χ0) is 14.7. The third kappa shape index (κ3) is 3.39. The Morgan fingerprint density at radius 2 is 2.29 bits per heavy atom. The van der Waals surface area contributed by atoms with Crippen LogP contribution in [-0.2, 0) is 0 Å². The number of benzene rings is 1. The molecule has 0 atom stereocenters. The Labute approximate surface area is 136 Å². The minimum Gasteiger partial charge on any atom is -0.369 e. The Morgan fingerprint density at radius 1 is 1.38 bits per heavy atom. The van der Waals surface area contributed by atoms with E-state index < -0.39 is 0 Å². The fourth-order valence-corrected chi connectivity index (χ4v) is 3.45. The van der Waals surface area contributed by atoms with Gasteiger partial charge in [0.05, 0.1) is 6.20 Å². The van der Waals surface area contributed by atoms with E-state index in [1.807, 2.05) is 28.9 Å². The van der Waals surface area contributed by atoms with Gasteiger partial charge in [-0.2, -0.15) is 0 Å². The predicted octanol–water partition coefficient (Wildman–Crippen LogP) is 4.46. The summed E-state index contributed by atoms with van der Waals surface area (Å²) in [6.07, 6.45) is 6.78. The molecule has 3 rings (SSSR count). The lowest BCUT2D eigenvalue weighted by molar-refractivity contribution is 0.945. The zero-order valence-electron chi connectivity index (χ0n) is 11.6. The smallest absolute Gasteiger partial charge is 0.170 e. The van der Waals surface area contributed by atoms with E-state index >= 15 is 0 Å². The van der Waals surface area contributed by atoms with Crippen LogP contribution in [0.2, 0.25) is 0 Å². The van der Waals surface area contributed by atoms with Crippen molar-refractivity contribution >= 4 is 39.2 Å². The predicted molar refractivity (Wildman–Crippen MR) is 90.0 cm³/mol. The molecule has 4 nitrogen and oxygen atoms in total. The average molecular weight is 363 g/mol. The fraction of sp³-hybridized carbons (Fsp3) is 0.200. The van der Waals surface area contributed by atoms with Crippen LogP contribution in [0, 0.1) is 0 Å². The highest BCUT2D eigenvalue weighted by Crippen LogP contribution is 2.31. The first-order valence-corrected chi connectivity index (χ1v) is 8.38. The molecule has 6 heteroatoms. The third-order valence-electron chi connectivity index (χ3n) is 2.91. The van der Waals surface area contributed by atoms with E-state index in [-0.39, 0.29) is 0 Å². The third-order valence-corrected chi connectivity index (χ3v) is 4.36. The SMILES string of the molecule is CCCNc1cn2ccnc2c(Sc2cccc(Br)c2)n1. The second kappa shape index (κ2) is 6.49. The van der Waals surface area contributed by atoms with Crippen molar-refractivity contribution in [1.29, 1.82) is 0 Å². The maximum absolute atomic E-state index is 4.69. The number of aromatic nitrogens is 3. The molecule has 1 N–H and O–H groups in total. The largest absolute Gasteiger partial charge is 0.369 e. The molecule has 0 unspecified atom stereocenters. The highest BCUT2D eigenvalue weighted by Gasteiger charge is 2.09. The molecule has 2 heterocycles. The van der Waals surface area contributed by atoms with Crippen molar-refractivity contribution in [2.24, 2.45) is 0 Å². The lowest BCUT2D eigenvalue weighted by Crippen LogP contribution is -2.04. The summed E-state index contributed by atoms with van der Waals surface area (Å²) in [7, 11) is 0. The fourth-order valence-electron chi connectivity index (χ4n) is 1.95. The molecule has 0 saturated carbocycles. The monoisotopic (exact) mass is 362 g/mol. The van der Waals surface area contributed by atoms with Gasteiger partial charge >= 0.3 is 0 Å². The Kier molecular flexibility index (Phi) is 4.45. The maximum Gasteiger partial charge on any atom is 0.170 e. The van der Waals surface area contributed by atoms with Gasteiger partial charge in [-0.05, 0) is 24.6 Å². The topological polar surface area (TPSA) is 42.2 Å². The van der Waals surface area contributed by atoms with E-state index in [1.54, 1.807) is 18.0 Å². The molecule has 2 aromatic heterocycles. The van der Waals surface area contributed by atoms with E-state index in [1.165, 1.54) is 0 Å². The molecule has 0 spiro atoms. The minimum atomic E-state index is 0.875. The van der Waals surface area contributed by atoms with Crippen molar-refractivity contribution in [3.05, 3.63) is 47.3 Å². The molecule has 0 amide bonds. The van der Waals surface area contributed by atoms with Crippen LogP contribution in [-0.4, -0.2) is 20.9 Å². The van der Waals surface area contributed by atoms with Crippen molar-refractivity contribution in [2.75, 3.05) is 11.9 Å². The normalized spacial score (nSPS) is 11.0. The second-order valence-corrected chi connectivity index (χ2v) is 6.55. The van der Waals surface area contributed by atoms with Crippen LogP contribution in [0.3, 0.4) is 0 Å². The molecular formula is C15H15BrN4S. The number of hydrogen-bond donors (Lipinski definition) is 1. The molecule has 0 bridgehead atoms. The standard InChI is InChI=1S/C15H15BrN4S/c1-2-6-17-13-10-20-8-7-18-14(20)15(19-13)21-12-5-3-4-11(16)9-12/h3-5,7-10,17H,2,6H2,1H3. The number of nitrogens with zero attached hydrogens (tertiary/aromatic N) is 3. The van der Waals surface area contributed by atoms with Crippen molar-refractivity contribution in [1.82, 2.24) is 14.4 Å². The summed E-state index contributed by atoms with van der Waals surface area (Å²) in [6.45, 7) is 3.05. The van der Waals surface area contributed by atoms with E-state index in [2.05, 4.69) is 50.3 Å². The van der Waals surface area contributed by atoms with Gasteiger partial charge in [0.1, 0.15) is 10.8 Å². The Hall–Kier alpha value is -1.53. The molecule has 3 aromatic rings. The highest BCUT2D eigenvalue weighted by atomic mass is 79.9. The minimum absolute atomic E-state index is 0.875. The first-order valence-electron chi connectivity index (χ1n) is 6.77. The average Bonchev–Trinajstić information content (AvgIpc) is 2.94.